The van der Waals surface area contributed by atoms with Crippen LogP contribution in [0.3, 0.4) is 0 Å². The Morgan fingerprint density at radius 2 is 2.30 bits per heavy atom. The summed E-state index contributed by atoms with van der Waals surface area (Å²) in [5.74, 6) is 0.0197. The van der Waals surface area contributed by atoms with E-state index in [-0.39, 0.29) is 11.3 Å². The molecule has 0 saturated carbocycles. The summed E-state index contributed by atoms with van der Waals surface area (Å²) in [6.07, 6.45) is -0.399. The predicted octanol–water partition coefficient (Wildman–Crippen LogP) is 1.95. The van der Waals surface area contributed by atoms with Gasteiger partial charge in [-0.15, -0.1) is 0 Å². The molecular formula is C15H19ClN2O2. The Labute approximate surface area is 124 Å². The molecule has 1 amide bonds. The van der Waals surface area contributed by atoms with Crippen molar-refractivity contribution in [1.29, 1.82) is 0 Å². The van der Waals surface area contributed by atoms with Crippen LogP contribution in [0.1, 0.15) is 19.4 Å². The Balaban J connectivity index is 1.93. The lowest BCUT2D eigenvalue weighted by Crippen LogP contribution is -2.50. The lowest BCUT2D eigenvalue weighted by atomic mass is 9.87. The molecule has 2 aliphatic rings. The molecule has 0 unspecified atom stereocenters. The number of anilines is 1. The molecule has 5 heteroatoms. The van der Waals surface area contributed by atoms with Crippen molar-refractivity contribution in [3.8, 4) is 0 Å². The van der Waals surface area contributed by atoms with Crippen molar-refractivity contribution in [2.75, 3.05) is 31.1 Å². The molecule has 1 N–H and O–H groups in total. The van der Waals surface area contributed by atoms with E-state index in [1.807, 2.05) is 23.1 Å². The molecule has 2 heterocycles. The van der Waals surface area contributed by atoms with Crippen LogP contribution in [0.15, 0.2) is 18.2 Å². The first-order chi connectivity index (χ1) is 9.50. The number of fused-ring (bicyclic) bond motifs is 1. The van der Waals surface area contributed by atoms with Crippen molar-refractivity contribution >= 4 is 23.2 Å². The number of halogens is 1. The predicted molar refractivity (Wildman–Crippen MR) is 79.4 cm³/mol. The minimum absolute atomic E-state index is 0.0197. The van der Waals surface area contributed by atoms with Crippen molar-refractivity contribution in [3.63, 3.8) is 0 Å². The quantitative estimate of drug-likeness (QED) is 0.861. The summed E-state index contributed by atoms with van der Waals surface area (Å²) in [6, 6.07) is 5.74. The van der Waals surface area contributed by atoms with Crippen molar-refractivity contribution < 1.29 is 9.53 Å². The van der Waals surface area contributed by atoms with Crippen LogP contribution in [-0.2, 0) is 14.9 Å². The van der Waals surface area contributed by atoms with Gasteiger partial charge in [-0.25, -0.2) is 0 Å². The molecule has 1 saturated heterocycles. The minimum atomic E-state index is -0.399. The molecule has 0 bridgehead atoms. The van der Waals surface area contributed by atoms with Crippen LogP contribution in [0.5, 0.6) is 0 Å². The summed E-state index contributed by atoms with van der Waals surface area (Å²) in [4.78, 5) is 14.5. The highest BCUT2D eigenvalue weighted by Gasteiger charge is 2.41. The fraction of sp³-hybridized carbons (Fsp3) is 0.533. The Morgan fingerprint density at radius 3 is 3.00 bits per heavy atom. The summed E-state index contributed by atoms with van der Waals surface area (Å²) < 4.78 is 5.58. The Kier molecular flexibility index (Phi) is 3.48. The molecule has 20 heavy (non-hydrogen) atoms. The van der Waals surface area contributed by atoms with E-state index in [4.69, 9.17) is 16.3 Å². The average molecular weight is 295 g/mol. The Morgan fingerprint density at radius 1 is 1.50 bits per heavy atom. The zero-order valence-corrected chi connectivity index (χ0v) is 12.5. The maximum atomic E-state index is 12.7. The number of nitrogens with one attached hydrogen (secondary N) is 1. The normalized spacial score (nSPS) is 24.6. The first-order valence-corrected chi connectivity index (χ1v) is 7.31. The number of hydrogen-bond acceptors (Lipinski definition) is 3. The molecule has 0 radical (unpaired) electrons. The number of ether oxygens (including phenoxy) is 1. The van der Waals surface area contributed by atoms with Crippen LogP contribution in [0.4, 0.5) is 5.69 Å². The first kappa shape index (κ1) is 13.9. The monoisotopic (exact) mass is 294 g/mol. The third-order valence-electron chi connectivity index (χ3n) is 3.98. The van der Waals surface area contributed by atoms with Gasteiger partial charge in [0.2, 0.25) is 0 Å². The van der Waals surface area contributed by atoms with Crippen LogP contribution in [-0.4, -0.2) is 38.3 Å². The second kappa shape index (κ2) is 5.02. The smallest absolute Gasteiger partial charge is 0.257 e. The summed E-state index contributed by atoms with van der Waals surface area (Å²) in [5, 5.41) is 3.92. The van der Waals surface area contributed by atoms with Gasteiger partial charge in [0, 0.05) is 41.3 Å². The highest BCUT2D eigenvalue weighted by atomic mass is 35.5. The van der Waals surface area contributed by atoms with Crippen LogP contribution in [0.2, 0.25) is 5.02 Å². The molecule has 108 valence electrons. The zero-order valence-electron chi connectivity index (χ0n) is 11.8. The number of nitrogens with zero attached hydrogens (tertiary/aromatic N) is 1. The molecule has 0 aliphatic carbocycles. The fourth-order valence-electron chi connectivity index (χ4n) is 3.06. The number of amides is 1. The molecule has 3 rings (SSSR count). The van der Waals surface area contributed by atoms with Crippen molar-refractivity contribution in [2.45, 2.75) is 25.4 Å². The van der Waals surface area contributed by atoms with Crippen LogP contribution in [0, 0.1) is 0 Å². The average Bonchev–Trinajstić information content (AvgIpc) is 2.72. The summed E-state index contributed by atoms with van der Waals surface area (Å²) >= 11 is 6.33. The number of carbonyl (C=O) groups excluding carboxylic acids is 1. The minimum Gasteiger partial charge on any atom is -0.366 e. The van der Waals surface area contributed by atoms with E-state index in [0.717, 1.165) is 22.8 Å². The molecule has 0 spiro atoms. The van der Waals surface area contributed by atoms with Gasteiger partial charge in [0.1, 0.15) is 6.10 Å². The van der Waals surface area contributed by atoms with Gasteiger partial charge in [0.15, 0.2) is 0 Å². The van der Waals surface area contributed by atoms with Gasteiger partial charge in [-0.2, -0.15) is 0 Å². The third-order valence-corrected chi connectivity index (χ3v) is 4.30. The molecule has 2 aliphatic heterocycles. The van der Waals surface area contributed by atoms with E-state index in [9.17, 15) is 4.79 Å². The molecule has 1 aromatic carbocycles. The standard InChI is InChI=1S/C15H19ClN2O2/c1-15(2)9-18(11-5-3-4-10(16)13(11)15)14(19)12-8-17-6-7-20-12/h3-5,12,17H,6-9H2,1-2H3/t12-/m1/s1. The molecular weight excluding hydrogens is 276 g/mol. The van der Waals surface area contributed by atoms with Crippen molar-refractivity contribution in [2.24, 2.45) is 0 Å². The highest BCUT2D eigenvalue weighted by Crippen LogP contribution is 2.44. The lowest BCUT2D eigenvalue weighted by molar-refractivity contribution is -0.131. The summed E-state index contributed by atoms with van der Waals surface area (Å²) in [7, 11) is 0. The maximum absolute atomic E-state index is 12.7. The van der Waals surface area contributed by atoms with Gasteiger partial charge in [-0.05, 0) is 12.1 Å². The van der Waals surface area contributed by atoms with Crippen molar-refractivity contribution in [1.82, 2.24) is 5.32 Å². The largest absolute Gasteiger partial charge is 0.366 e. The van der Waals surface area contributed by atoms with Gasteiger partial charge in [0.25, 0.3) is 5.91 Å². The van der Waals surface area contributed by atoms with Crippen LogP contribution in [0.25, 0.3) is 0 Å². The molecule has 4 nitrogen and oxygen atoms in total. The van der Waals surface area contributed by atoms with Gasteiger partial charge >= 0.3 is 0 Å². The third kappa shape index (κ3) is 2.22. The molecule has 1 atom stereocenters. The number of hydrogen-bond donors (Lipinski definition) is 1. The number of carbonyl (C=O) groups is 1. The van der Waals surface area contributed by atoms with Crippen LogP contribution >= 0.6 is 11.6 Å². The first-order valence-electron chi connectivity index (χ1n) is 6.93. The van der Waals surface area contributed by atoms with Crippen LogP contribution < -0.4 is 10.2 Å². The zero-order chi connectivity index (χ0) is 14.3. The Hall–Kier alpha value is -1.10. The molecule has 1 aromatic rings. The summed E-state index contributed by atoms with van der Waals surface area (Å²) in [5.41, 5.74) is 1.84. The van der Waals surface area contributed by atoms with E-state index >= 15 is 0 Å². The molecule has 1 fully saturated rings. The van der Waals surface area contributed by atoms with E-state index in [0.29, 0.717) is 19.7 Å². The lowest BCUT2D eigenvalue weighted by Gasteiger charge is -2.28. The second-order valence-electron chi connectivity index (χ2n) is 6.01. The van der Waals surface area contributed by atoms with Crippen molar-refractivity contribution in [3.05, 3.63) is 28.8 Å². The topological polar surface area (TPSA) is 41.6 Å². The second-order valence-corrected chi connectivity index (χ2v) is 6.41. The van der Waals surface area contributed by atoms with Gasteiger partial charge < -0.3 is 15.0 Å². The highest BCUT2D eigenvalue weighted by molar-refractivity contribution is 6.32. The number of rotatable bonds is 1. The number of morpholine rings is 1. The van der Waals surface area contributed by atoms with E-state index in [2.05, 4.69) is 19.2 Å². The molecule has 0 aromatic heterocycles. The SMILES string of the molecule is CC1(C)CN(C(=O)[C@H]2CNCCO2)c2cccc(Cl)c21. The fourth-order valence-corrected chi connectivity index (χ4v) is 3.49. The van der Waals surface area contributed by atoms with Gasteiger partial charge in [-0.1, -0.05) is 31.5 Å². The van der Waals surface area contributed by atoms with E-state index in [1.54, 1.807) is 0 Å². The Bertz CT molecular complexity index is 539. The van der Waals surface area contributed by atoms with Gasteiger partial charge in [0.05, 0.1) is 6.61 Å². The van der Waals surface area contributed by atoms with E-state index in [1.165, 1.54) is 0 Å². The number of benzene rings is 1. The van der Waals surface area contributed by atoms with Gasteiger partial charge in [-0.3, -0.25) is 4.79 Å². The summed E-state index contributed by atoms with van der Waals surface area (Å²) in [6.45, 7) is 6.83. The van der Waals surface area contributed by atoms with E-state index < -0.39 is 6.10 Å². The maximum Gasteiger partial charge on any atom is 0.257 e.